The van der Waals surface area contributed by atoms with E-state index in [-0.39, 0.29) is 11.8 Å². The number of methoxy groups -OCH3 is 1. The fourth-order valence-electron chi connectivity index (χ4n) is 3.53. The van der Waals surface area contributed by atoms with E-state index in [9.17, 15) is 4.79 Å². The first-order valence-electron chi connectivity index (χ1n) is 9.02. The third-order valence-electron chi connectivity index (χ3n) is 4.85. The predicted molar refractivity (Wildman–Crippen MR) is 101 cm³/mol. The normalized spacial score (nSPS) is 17.7. The summed E-state index contributed by atoms with van der Waals surface area (Å²) in [6, 6.07) is 9.78. The number of pyridine rings is 1. The van der Waals surface area contributed by atoms with E-state index < -0.39 is 0 Å². The zero-order valence-electron chi connectivity index (χ0n) is 15.2. The summed E-state index contributed by atoms with van der Waals surface area (Å²) in [7, 11) is 1.53. The van der Waals surface area contributed by atoms with Crippen LogP contribution in [0.4, 0.5) is 0 Å². The van der Waals surface area contributed by atoms with Gasteiger partial charge in [0.15, 0.2) is 0 Å². The average molecular weight is 366 g/mol. The van der Waals surface area contributed by atoms with Crippen molar-refractivity contribution in [2.24, 2.45) is 5.92 Å². The molecule has 140 valence electrons. The van der Waals surface area contributed by atoms with Gasteiger partial charge in [0.05, 0.1) is 32.0 Å². The molecule has 2 aromatic heterocycles. The summed E-state index contributed by atoms with van der Waals surface area (Å²) in [4.78, 5) is 19.0. The minimum atomic E-state index is -0.0688. The van der Waals surface area contributed by atoms with Gasteiger partial charge < -0.3 is 14.4 Å². The fourth-order valence-corrected chi connectivity index (χ4v) is 3.53. The number of rotatable bonds is 4. The van der Waals surface area contributed by atoms with Crippen molar-refractivity contribution in [1.82, 2.24) is 20.1 Å². The second-order valence-electron chi connectivity index (χ2n) is 6.75. The molecule has 7 heteroatoms. The molecule has 1 saturated heterocycles. The molecule has 1 N–H and O–H groups in total. The topological polar surface area (TPSA) is 80.3 Å². The summed E-state index contributed by atoms with van der Waals surface area (Å²) in [6.45, 7) is 2.37. The number of ether oxygens (including phenoxy) is 2. The Morgan fingerprint density at radius 3 is 3.22 bits per heavy atom. The molecule has 0 radical (unpaired) electrons. The van der Waals surface area contributed by atoms with Gasteiger partial charge in [-0.1, -0.05) is 6.07 Å². The number of carbonyl (C=O) groups excluding carboxylic acids is 1. The highest BCUT2D eigenvalue weighted by atomic mass is 16.5. The Morgan fingerprint density at radius 2 is 2.33 bits per heavy atom. The third-order valence-corrected chi connectivity index (χ3v) is 4.85. The van der Waals surface area contributed by atoms with Gasteiger partial charge in [-0.05, 0) is 36.2 Å². The van der Waals surface area contributed by atoms with Gasteiger partial charge in [-0.25, -0.2) is 4.98 Å². The maximum Gasteiger partial charge on any atom is 0.259 e. The van der Waals surface area contributed by atoms with Crippen molar-refractivity contribution in [3.05, 3.63) is 53.9 Å². The van der Waals surface area contributed by atoms with Crippen molar-refractivity contribution in [2.45, 2.75) is 6.42 Å². The highest BCUT2D eigenvalue weighted by Gasteiger charge is 2.26. The number of aromatic nitrogens is 3. The molecule has 1 amide bonds. The Labute approximate surface area is 157 Å². The molecule has 3 aromatic rings. The minimum absolute atomic E-state index is 0.0688. The Morgan fingerprint density at radius 1 is 1.41 bits per heavy atom. The summed E-state index contributed by atoms with van der Waals surface area (Å²) in [5, 5.41) is 8.13. The van der Waals surface area contributed by atoms with Crippen LogP contribution < -0.4 is 4.74 Å². The highest BCUT2D eigenvalue weighted by molar-refractivity contribution is 5.96. The summed E-state index contributed by atoms with van der Waals surface area (Å²) in [5.41, 5.74) is 2.72. The molecule has 4 rings (SSSR count). The van der Waals surface area contributed by atoms with Crippen LogP contribution in [0.2, 0.25) is 0 Å². The molecule has 1 atom stereocenters. The van der Waals surface area contributed by atoms with Crippen molar-refractivity contribution in [3.8, 4) is 5.88 Å². The van der Waals surface area contributed by atoms with Gasteiger partial charge in [0, 0.05) is 30.6 Å². The number of hydrogen-bond donors (Lipinski definition) is 1. The monoisotopic (exact) mass is 366 g/mol. The average Bonchev–Trinajstić information content (AvgIpc) is 3.05. The summed E-state index contributed by atoms with van der Waals surface area (Å²) in [5.74, 6) is 0.513. The first-order chi connectivity index (χ1) is 13.2. The summed E-state index contributed by atoms with van der Waals surface area (Å²) in [6.07, 6.45) is 4.29. The first kappa shape index (κ1) is 17.5. The van der Waals surface area contributed by atoms with Crippen LogP contribution in [0.25, 0.3) is 10.9 Å². The van der Waals surface area contributed by atoms with Crippen molar-refractivity contribution < 1.29 is 14.3 Å². The van der Waals surface area contributed by atoms with Gasteiger partial charge in [-0.15, -0.1) is 0 Å². The van der Waals surface area contributed by atoms with E-state index in [2.05, 4.69) is 27.3 Å². The van der Waals surface area contributed by atoms with Gasteiger partial charge in [0.2, 0.25) is 5.88 Å². The maximum atomic E-state index is 13.0. The molecule has 27 heavy (non-hydrogen) atoms. The van der Waals surface area contributed by atoms with Crippen LogP contribution in [0, 0.1) is 5.92 Å². The van der Waals surface area contributed by atoms with Gasteiger partial charge in [-0.2, -0.15) is 5.10 Å². The van der Waals surface area contributed by atoms with E-state index in [4.69, 9.17) is 9.47 Å². The second kappa shape index (κ2) is 7.75. The largest absolute Gasteiger partial charge is 0.480 e. The van der Waals surface area contributed by atoms with E-state index >= 15 is 0 Å². The number of aromatic amines is 1. The lowest BCUT2D eigenvalue weighted by molar-refractivity contribution is 0.0733. The van der Waals surface area contributed by atoms with Gasteiger partial charge in [0.25, 0.3) is 5.91 Å². The van der Waals surface area contributed by atoms with E-state index in [0.29, 0.717) is 37.7 Å². The third kappa shape index (κ3) is 3.78. The van der Waals surface area contributed by atoms with Crippen LogP contribution in [-0.4, -0.2) is 59.4 Å². The second-order valence-corrected chi connectivity index (χ2v) is 6.75. The van der Waals surface area contributed by atoms with Gasteiger partial charge in [-0.3, -0.25) is 9.89 Å². The van der Waals surface area contributed by atoms with Crippen LogP contribution in [0.1, 0.15) is 15.9 Å². The molecule has 0 saturated carbocycles. The molecule has 0 bridgehead atoms. The molecule has 7 nitrogen and oxygen atoms in total. The van der Waals surface area contributed by atoms with E-state index in [0.717, 1.165) is 17.3 Å². The lowest BCUT2D eigenvalue weighted by Gasteiger charge is -2.24. The zero-order chi connectivity index (χ0) is 18.6. The number of carbonyl (C=O) groups is 1. The molecular formula is C20H22N4O3. The van der Waals surface area contributed by atoms with Crippen LogP contribution in [0.15, 0.2) is 42.7 Å². The molecule has 1 aliphatic rings. The Hall–Kier alpha value is -2.93. The van der Waals surface area contributed by atoms with Crippen LogP contribution in [0.3, 0.4) is 0 Å². The minimum Gasteiger partial charge on any atom is -0.480 e. The lowest BCUT2D eigenvalue weighted by atomic mass is 9.98. The number of nitrogens with zero attached hydrogens (tertiary/aromatic N) is 3. The van der Waals surface area contributed by atoms with Crippen LogP contribution >= 0.6 is 0 Å². The fraction of sp³-hybridized carbons (Fsp3) is 0.350. The quantitative estimate of drug-likeness (QED) is 0.766. The van der Waals surface area contributed by atoms with Gasteiger partial charge in [0.1, 0.15) is 5.56 Å². The summed E-state index contributed by atoms with van der Waals surface area (Å²) < 4.78 is 11.0. The Balaban J connectivity index is 1.50. The highest BCUT2D eigenvalue weighted by Crippen LogP contribution is 2.21. The van der Waals surface area contributed by atoms with Crippen molar-refractivity contribution >= 4 is 16.8 Å². The van der Waals surface area contributed by atoms with Crippen LogP contribution in [-0.2, 0) is 11.2 Å². The molecule has 0 spiro atoms. The molecule has 1 aromatic carbocycles. The number of benzene rings is 1. The number of nitrogens with one attached hydrogen (secondary N) is 1. The molecular weight excluding hydrogens is 344 g/mol. The van der Waals surface area contributed by atoms with Crippen LogP contribution in [0.5, 0.6) is 5.88 Å². The lowest BCUT2D eigenvalue weighted by Crippen LogP contribution is -2.36. The Kier molecular flexibility index (Phi) is 5.02. The number of fused-ring (bicyclic) bond motifs is 1. The van der Waals surface area contributed by atoms with Crippen molar-refractivity contribution in [2.75, 3.05) is 33.4 Å². The molecule has 0 unspecified atom stereocenters. The van der Waals surface area contributed by atoms with Crippen molar-refractivity contribution in [1.29, 1.82) is 0 Å². The van der Waals surface area contributed by atoms with Crippen molar-refractivity contribution in [3.63, 3.8) is 0 Å². The number of amides is 1. The van der Waals surface area contributed by atoms with E-state index in [1.54, 1.807) is 18.3 Å². The zero-order valence-corrected chi connectivity index (χ0v) is 15.2. The predicted octanol–water partition coefficient (Wildman–Crippen LogP) is 2.30. The molecule has 3 heterocycles. The molecule has 0 aliphatic carbocycles. The first-order valence-corrected chi connectivity index (χ1v) is 9.02. The molecule has 1 fully saturated rings. The SMILES string of the molecule is COc1ncccc1C(=O)N1CCOC[C@H](Cc2ccc3[nH]ncc3c2)C1. The summed E-state index contributed by atoms with van der Waals surface area (Å²) >= 11 is 0. The number of hydrogen-bond acceptors (Lipinski definition) is 5. The smallest absolute Gasteiger partial charge is 0.259 e. The van der Waals surface area contributed by atoms with Gasteiger partial charge >= 0.3 is 0 Å². The number of H-pyrrole nitrogens is 1. The van der Waals surface area contributed by atoms with E-state index in [1.165, 1.54) is 12.7 Å². The standard InChI is InChI=1S/C20H22N4O3/c1-26-19-17(3-2-6-21-19)20(25)24-7-8-27-13-15(12-24)9-14-4-5-18-16(10-14)11-22-23-18/h2-6,10-11,15H,7-9,12-13H2,1H3,(H,22,23)/t15-/m1/s1. The maximum absolute atomic E-state index is 13.0. The van der Waals surface area contributed by atoms with E-state index in [1.807, 2.05) is 17.2 Å². The Bertz CT molecular complexity index is 940. The molecule has 1 aliphatic heterocycles.